The van der Waals surface area contributed by atoms with Crippen LogP contribution in [0.3, 0.4) is 0 Å². The molecule has 27 heavy (non-hydrogen) atoms. The van der Waals surface area contributed by atoms with Crippen molar-refractivity contribution in [3.63, 3.8) is 0 Å². The first-order chi connectivity index (χ1) is 12.9. The largest absolute Gasteiger partial charge is 0.486 e. The van der Waals surface area contributed by atoms with Crippen LogP contribution < -0.4 is 9.47 Å². The van der Waals surface area contributed by atoms with E-state index in [2.05, 4.69) is 0 Å². The Morgan fingerprint density at radius 1 is 1.19 bits per heavy atom. The molecule has 2 heterocycles. The Labute approximate surface area is 156 Å². The number of fused-ring (bicyclic) bond motifs is 1. The number of ether oxygens (including phenoxy) is 2. The summed E-state index contributed by atoms with van der Waals surface area (Å²) >= 11 is 0. The van der Waals surface area contributed by atoms with Gasteiger partial charge in [0.2, 0.25) is 5.91 Å². The van der Waals surface area contributed by atoms with Crippen LogP contribution in [0, 0.1) is 12.8 Å². The summed E-state index contributed by atoms with van der Waals surface area (Å²) in [7, 11) is 1.71. The smallest absolute Gasteiger partial charge is 0.339 e. The van der Waals surface area contributed by atoms with Gasteiger partial charge < -0.3 is 23.9 Å². The molecular formula is C20H21NO6. The number of carbonyl (C=O) groups excluding carboxylic acids is 1. The summed E-state index contributed by atoms with van der Waals surface area (Å²) in [5.41, 5.74) is 1.21. The molecule has 7 heteroatoms. The Balaban J connectivity index is 1.40. The van der Waals surface area contributed by atoms with Gasteiger partial charge in [-0.2, -0.15) is 0 Å². The van der Waals surface area contributed by atoms with Crippen LogP contribution in [0.2, 0.25) is 0 Å². The molecule has 1 N–H and O–H groups in total. The van der Waals surface area contributed by atoms with Gasteiger partial charge in [-0.3, -0.25) is 4.79 Å². The number of benzene rings is 1. The van der Waals surface area contributed by atoms with Crippen LogP contribution in [0.5, 0.6) is 11.5 Å². The van der Waals surface area contributed by atoms with E-state index in [1.807, 2.05) is 18.2 Å². The topological polar surface area (TPSA) is 89.2 Å². The molecule has 2 atom stereocenters. The van der Waals surface area contributed by atoms with Crippen molar-refractivity contribution >= 4 is 11.9 Å². The number of rotatable bonds is 5. The van der Waals surface area contributed by atoms with Crippen molar-refractivity contribution in [2.45, 2.75) is 25.8 Å². The average molecular weight is 371 g/mol. The number of amides is 1. The minimum Gasteiger partial charge on any atom is -0.486 e. The standard InChI is InChI=1S/C20H21NO6/c1-11-14(20(23)24)8-13(27-11)10-21(2)19(22)16-9-15(16)12-3-4-17-18(7-12)26-6-5-25-17/h3-4,7-8,15-16H,5-6,9-10H2,1-2H3,(H,23,24)/t15-,16+/m1/s1. The van der Waals surface area contributed by atoms with Gasteiger partial charge in [-0.25, -0.2) is 4.79 Å². The maximum Gasteiger partial charge on any atom is 0.339 e. The Morgan fingerprint density at radius 2 is 1.93 bits per heavy atom. The van der Waals surface area contributed by atoms with E-state index in [0.717, 1.165) is 23.5 Å². The number of hydrogen-bond donors (Lipinski definition) is 1. The second-order valence-electron chi connectivity index (χ2n) is 7.03. The van der Waals surface area contributed by atoms with Gasteiger partial charge in [0.25, 0.3) is 0 Å². The number of hydrogen-bond acceptors (Lipinski definition) is 5. The monoisotopic (exact) mass is 371 g/mol. The number of carboxylic acids is 1. The van der Waals surface area contributed by atoms with Gasteiger partial charge in [0, 0.05) is 13.0 Å². The summed E-state index contributed by atoms with van der Waals surface area (Å²) in [6.45, 7) is 2.94. The van der Waals surface area contributed by atoms with Crippen molar-refractivity contribution in [1.29, 1.82) is 0 Å². The maximum atomic E-state index is 12.7. The Bertz CT molecular complexity index is 902. The third-order valence-corrected chi connectivity index (χ3v) is 5.07. The van der Waals surface area contributed by atoms with Crippen molar-refractivity contribution < 1.29 is 28.6 Å². The summed E-state index contributed by atoms with van der Waals surface area (Å²) in [5.74, 6) is 1.39. The second kappa shape index (κ2) is 6.64. The van der Waals surface area contributed by atoms with Crippen LogP contribution in [0.1, 0.15) is 39.8 Å². The highest BCUT2D eigenvalue weighted by molar-refractivity contribution is 5.89. The van der Waals surface area contributed by atoms with Crippen molar-refractivity contribution in [1.82, 2.24) is 4.90 Å². The molecule has 1 amide bonds. The van der Waals surface area contributed by atoms with Crippen molar-refractivity contribution in [3.8, 4) is 11.5 Å². The van der Waals surface area contributed by atoms with E-state index in [-0.39, 0.29) is 29.9 Å². The first kappa shape index (κ1) is 17.5. The van der Waals surface area contributed by atoms with Crippen LogP contribution in [0.4, 0.5) is 0 Å². The molecule has 1 fully saturated rings. The lowest BCUT2D eigenvalue weighted by Gasteiger charge is -2.19. The highest BCUT2D eigenvalue weighted by atomic mass is 16.6. The predicted octanol–water partition coefficient (Wildman–Crippen LogP) is 2.82. The number of aryl methyl sites for hydroxylation is 1. The summed E-state index contributed by atoms with van der Waals surface area (Å²) in [6, 6.07) is 7.32. The van der Waals surface area contributed by atoms with Gasteiger partial charge in [-0.15, -0.1) is 0 Å². The fraction of sp³-hybridized carbons (Fsp3) is 0.400. The molecule has 0 saturated heterocycles. The lowest BCUT2D eigenvalue weighted by Crippen LogP contribution is -2.27. The molecule has 0 bridgehead atoms. The molecule has 142 valence electrons. The lowest BCUT2D eigenvalue weighted by atomic mass is 10.1. The Kier molecular flexibility index (Phi) is 4.30. The van der Waals surface area contributed by atoms with E-state index in [9.17, 15) is 9.59 Å². The van der Waals surface area contributed by atoms with Crippen molar-refractivity contribution in [2.75, 3.05) is 20.3 Å². The highest BCUT2D eigenvalue weighted by Gasteiger charge is 2.45. The van der Waals surface area contributed by atoms with E-state index in [0.29, 0.717) is 24.7 Å². The molecule has 1 aliphatic carbocycles. The molecule has 1 aromatic heterocycles. The average Bonchev–Trinajstić information content (AvgIpc) is 3.37. The van der Waals surface area contributed by atoms with Gasteiger partial charge in [-0.05, 0) is 43.0 Å². The maximum absolute atomic E-state index is 12.7. The van der Waals surface area contributed by atoms with Crippen molar-refractivity contribution in [3.05, 3.63) is 46.9 Å². The van der Waals surface area contributed by atoms with Gasteiger partial charge in [-0.1, -0.05) is 6.07 Å². The number of carbonyl (C=O) groups is 2. The van der Waals surface area contributed by atoms with Crippen LogP contribution in [0.15, 0.2) is 28.7 Å². The molecule has 2 aliphatic rings. The first-order valence-electron chi connectivity index (χ1n) is 8.91. The highest BCUT2D eigenvalue weighted by Crippen LogP contribution is 2.50. The van der Waals surface area contributed by atoms with Crippen molar-refractivity contribution in [2.24, 2.45) is 5.92 Å². The SMILES string of the molecule is Cc1oc(CN(C)C(=O)[C@H]2C[C@@H]2c2ccc3c(c2)OCCO3)cc1C(=O)O. The first-order valence-corrected chi connectivity index (χ1v) is 8.91. The normalized spacial score (nSPS) is 20.2. The quantitative estimate of drug-likeness (QED) is 0.869. The zero-order chi connectivity index (χ0) is 19.1. The van der Waals surface area contributed by atoms with Crippen LogP contribution in [-0.2, 0) is 11.3 Å². The molecule has 4 rings (SSSR count). The molecule has 1 aromatic carbocycles. The molecule has 7 nitrogen and oxygen atoms in total. The number of furan rings is 1. The molecule has 2 aromatic rings. The van der Waals surface area contributed by atoms with Gasteiger partial charge in [0.05, 0.1) is 6.54 Å². The molecule has 1 aliphatic heterocycles. The number of aromatic carboxylic acids is 1. The third kappa shape index (κ3) is 3.37. The number of nitrogens with zero attached hydrogens (tertiary/aromatic N) is 1. The lowest BCUT2D eigenvalue weighted by molar-refractivity contribution is -0.132. The Hall–Kier alpha value is -2.96. The van der Waals surface area contributed by atoms with E-state index < -0.39 is 5.97 Å². The van der Waals surface area contributed by atoms with Gasteiger partial charge in [0.15, 0.2) is 11.5 Å². The molecule has 1 saturated carbocycles. The third-order valence-electron chi connectivity index (χ3n) is 5.07. The fourth-order valence-corrected chi connectivity index (χ4v) is 3.56. The van der Waals surface area contributed by atoms with Crippen LogP contribution in [0.25, 0.3) is 0 Å². The second-order valence-corrected chi connectivity index (χ2v) is 7.03. The summed E-state index contributed by atoms with van der Waals surface area (Å²) in [5, 5.41) is 9.11. The Morgan fingerprint density at radius 3 is 2.63 bits per heavy atom. The fourth-order valence-electron chi connectivity index (χ4n) is 3.56. The molecule has 0 spiro atoms. The molecule has 0 unspecified atom stereocenters. The number of carboxylic acid groups (broad SMARTS) is 1. The zero-order valence-corrected chi connectivity index (χ0v) is 15.2. The van der Waals surface area contributed by atoms with E-state index >= 15 is 0 Å². The van der Waals surface area contributed by atoms with E-state index in [4.69, 9.17) is 19.0 Å². The predicted molar refractivity (Wildman–Crippen MR) is 95.2 cm³/mol. The van der Waals surface area contributed by atoms with E-state index in [1.54, 1.807) is 18.9 Å². The van der Waals surface area contributed by atoms with Crippen LogP contribution in [-0.4, -0.2) is 42.1 Å². The minimum absolute atomic E-state index is 0.0285. The summed E-state index contributed by atoms with van der Waals surface area (Å²) < 4.78 is 16.6. The molecule has 0 radical (unpaired) electrons. The van der Waals surface area contributed by atoms with Gasteiger partial charge >= 0.3 is 5.97 Å². The summed E-state index contributed by atoms with van der Waals surface area (Å²) in [4.78, 5) is 25.4. The minimum atomic E-state index is -1.03. The summed E-state index contributed by atoms with van der Waals surface area (Å²) in [6.07, 6.45) is 0.792. The van der Waals surface area contributed by atoms with Crippen LogP contribution >= 0.6 is 0 Å². The zero-order valence-electron chi connectivity index (χ0n) is 15.2. The van der Waals surface area contributed by atoms with E-state index in [1.165, 1.54) is 6.07 Å². The van der Waals surface area contributed by atoms with Gasteiger partial charge in [0.1, 0.15) is 30.3 Å². The molecular weight excluding hydrogens is 350 g/mol.